The first-order chi connectivity index (χ1) is 8.29. The van der Waals surface area contributed by atoms with E-state index in [1.54, 1.807) is 0 Å². The molecule has 2 N–H and O–H groups in total. The summed E-state index contributed by atoms with van der Waals surface area (Å²) < 4.78 is 0. The van der Waals surface area contributed by atoms with Crippen LogP contribution in [-0.4, -0.2) is 41.8 Å². The molecule has 1 fully saturated rings. The molecule has 0 radical (unpaired) electrons. The van der Waals surface area contributed by atoms with Crippen molar-refractivity contribution >= 4 is 6.03 Å². The van der Waals surface area contributed by atoms with E-state index in [1.165, 1.54) is 0 Å². The highest BCUT2D eigenvalue weighted by atomic mass is 16.3. The van der Waals surface area contributed by atoms with Gasteiger partial charge in [0.1, 0.15) is 0 Å². The van der Waals surface area contributed by atoms with Gasteiger partial charge >= 0.3 is 6.03 Å². The predicted molar refractivity (Wildman–Crippen MR) is 66.7 cm³/mol. The van der Waals surface area contributed by atoms with Gasteiger partial charge in [0.05, 0.1) is 0 Å². The molecule has 0 aromatic rings. The van der Waals surface area contributed by atoms with Gasteiger partial charge in [0.15, 0.2) is 0 Å². The van der Waals surface area contributed by atoms with Crippen LogP contribution < -0.4 is 5.32 Å². The van der Waals surface area contributed by atoms with Crippen LogP contribution in [0.25, 0.3) is 0 Å². The van der Waals surface area contributed by atoms with Gasteiger partial charge in [-0.3, -0.25) is 0 Å². The highest BCUT2D eigenvalue weighted by molar-refractivity contribution is 5.74. The number of allylic oxidation sites excluding steroid dienone is 1. The van der Waals surface area contributed by atoms with Crippen molar-refractivity contribution in [3.05, 3.63) is 12.2 Å². The molecule has 1 aliphatic carbocycles. The zero-order valence-corrected chi connectivity index (χ0v) is 10.3. The Hall–Kier alpha value is -1.03. The molecule has 96 valence electrons. The third kappa shape index (κ3) is 3.46. The maximum absolute atomic E-state index is 12.0. The van der Waals surface area contributed by atoms with Crippen molar-refractivity contribution in [3.63, 3.8) is 0 Å². The van der Waals surface area contributed by atoms with Crippen molar-refractivity contribution in [1.29, 1.82) is 0 Å². The quantitative estimate of drug-likeness (QED) is 0.716. The fourth-order valence-electron chi connectivity index (χ4n) is 2.51. The van der Waals surface area contributed by atoms with Crippen LogP contribution in [0.1, 0.15) is 32.1 Å². The smallest absolute Gasteiger partial charge is 0.317 e. The van der Waals surface area contributed by atoms with Crippen molar-refractivity contribution in [2.24, 2.45) is 5.92 Å². The van der Waals surface area contributed by atoms with E-state index < -0.39 is 0 Å². The Balaban J connectivity index is 1.74. The molecule has 0 aromatic heterocycles. The number of hydrogen-bond acceptors (Lipinski definition) is 2. The lowest BCUT2D eigenvalue weighted by atomic mass is 9.98. The molecule has 2 amide bonds. The summed E-state index contributed by atoms with van der Waals surface area (Å²) in [5.74, 6) is 0.386. The van der Waals surface area contributed by atoms with Crippen LogP contribution in [0, 0.1) is 5.92 Å². The maximum atomic E-state index is 12.0. The highest BCUT2D eigenvalue weighted by Crippen LogP contribution is 2.17. The number of piperidine rings is 1. The lowest BCUT2D eigenvalue weighted by Gasteiger charge is -2.32. The topological polar surface area (TPSA) is 52.6 Å². The number of rotatable bonds is 2. The van der Waals surface area contributed by atoms with Gasteiger partial charge in [-0.2, -0.15) is 0 Å². The second-order valence-electron chi connectivity index (χ2n) is 5.04. The van der Waals surface area contributed by atoms with E-state index in [4.69, 9.17) is 5.11 Å². The van der Waals surface area contributed by atoms with Crippen molar-refractivity contribution < 1.29 is 9.90 Å². The Kier molecular flexibility index (Phi) is 4.42. The summed E-state index contributed by atoms with van der Waals surface area (Å²) in [6.07, 6.45) is 9.25. The average Bonchev–Trinajstić information content (AvgIpc) is 2.40. The summed E-state index contributed by atoms with van der Waals surface area (Å²) >= 11 is 0. The van der Waals surface area contributed by atoms with E-state index in [1.807, 2.05) is 4.90 Å². The second kappa shape index (κ2) is 6.05. The van der Waals surface area contributed by atoms with Gasteiger partial charge in [0, 0.05) is 25.7 Å². The Labute approximate surface area is 103 Å². The van der Waals surface area contributed by atoms with Gasteiger partial charge in [-0.25, -0.2) is 4.79 Å². The number of aliphatic hydroxyl groups excluding tert-OH is 1. The lowest BCUT2D eigenvalue weighted by Crippen LogP contribution is -2.48. The third-order valence-electron chi connectivity index (χ3n) is 3.76. The molecule has 1 heterocycles. The van der Waals surface area contributed by atoms with Gasteiger partial charge in [-0.1, -0.05) is 12.2 Å². The SMILES string of the molecule is O=C(NC1CC=CCC1)N1CCC(CO)CC1. The molecule has 2 rings (SSSR count). The normalized spacial score (nSPS) is 25.9. The van der Waals surface area contributed by atoms with E-state index in [2.05, 4.69) is 17.5 Å². The number of carbonyl (C=O) groups is 1. The van der Waals surface area contributed by atoms with Crippen LogP contribution >= 0.6 is 0 Å². The second-order valence-corrected chi connectivity index (χ2v) is 5.04. The molecule has 4 nitrogen and oxygen atoms in total. The Morgan fingerprint density at radius 1 is 1.29 bits per heavy atom. The Morgan fingerprint density at radius 3 is 2.65 bits per heavy atom. The summed E-state index contributed by atoms with van der Waals surface area (Å²) in [5, 5.41) is 12.1. The average molecular weight is 238 g/mol. The summed E-state index contributed by atoms with van der Waals surface area (Å²) in [7, 11) is 0. The van der Waals surface area contributed by atoms with E-state index in [0.29, 0.717) is 12.0 Å². The molecule has 17 heavy (non-hydrogen) atoms. The summed E-state index contributed by atoms with van der Waals surface area (Å²) in [4.78, 5) is 13.9. The third-order valence-corrected chi connectivity index (χ3v) is 3.76. The summed E-state index contributed by atoms with van der Waals surface area (Å²) in [6, 6.07) is 0.379. The van der Waals surface area contributed by atoms with Crippen LogP contribution in [0.5, 0.6) is 0 Å². The molecular weight excluding hydrogens is 216 g/mol. The minimum Gasteiger partial charge on any atom is -0.396 e. The van der Waals surface area contributed by atoms with Crippen molar-refractivity contribution in [3.8, 4) is 0 Å². The predicted octanol–water partition coefficient (Wildman–Crippen LogP) is 1.51. The summed E-state index contributed by atoms with van der Waals surface area (Å²) in [6.45, 7) is 1.81. The van der Waals surface area contributed by atoms with Gasteiger partial charge in [-0.15, -0.1) is 0 Å². The van der Waals surface area contributed by atoms with Gasteiger partial charge < -0.3 is 15.3 Å². The number of nitrogens with one attached hydrogen (secondary N) is 1. The van der Waals surface area contributed by atoms with E-state index in [0.717, 1.165) is 45.2 Å². The lowest BCUT2D eigenvalue weighted by molar-refractivity contribution is 0.135. The zero-order valence-electron chi connectivity index (χ0n) is 10.3. The van der Waals surface area contributed by atoms with Crippen molar-refractivity contribution in [2.75, 3.05) is 19.7 Å². The summed E-state index contributed by atoms with van der Waals surface area (Å²) in [5.41, 5.74) is 0. The molecule has 0 spiro atoms. The Bertz CT molecular complexity index is 283. The molecule has 1 aliphatic heterocycles. The number of nitrogens with zero attached hydrogens (tertiary/aromatic N) is 1. The standard InChI is InChI=1S/C13H22N2O2/c16-10-11-6-8-15(9-7-11)13(17)14-12-4-2-1-3-5-12/h1-2,11-12,16H,3-10H2,(H,14,17). The number of urea groups is 1. The van der Waals surface area contributed by atoms with Crippen LogP contribution in [0.15, 0.2) is 12.2 Å². The first-order valence-electron chi connectivity index (χ1n) is 6.61. The van der Waals surface area contributed by atoms with E-state index in [-0.39, 0.29) is 12.6 Å². The number of aliphatic hydroxyl groups is 1. The number of carbonyl (C=O) groups excluding carboxylic acids is 1. The van der Waals surface area contributed by atoms with Crippen molar-refractivity contribution in [1.82, 2.24) is 10.2 Å². The van der Waals surface area contributed by atoms with E-state index in [9.17, 15) is 4.79 Å². The first-order valence-corrected chi connectivity index (χ1v) is 6.61. The van der Waals surface area contributed by atoms with E-state index >= 15 is 0 Å². The molecule has 1 saturated heterocycles. The van der Waals surface area contributed by atoms with Gasteiger partial charge in [-0.05, 0) is 38.0 Å². The van der Waals surface area contributed by atoms with Crippen molar-refractivity contribution in [2.45, 2.75) is 38.1 Å². The monoisotopic (exact) mass is 238 g/mol. The molecule has 0 bridgehead atoms. The number of amides is 2. The van der Waals surface area contributed by atoms with Crippen LogP contribution in [-0.2, 0) is 0 Å². The first kappa shape index (κ1) is 12.4. The zero-order chi connectivity index (χ0) is 12.1. The maximum Gasteiger partial charge on any atom is 0.317 e. The minimum absolute atomic E-state index is 0.0710. The highest BCUT2D eigenvalue weighted by Gasteiger charge is 2.23. The fourth-order valence-corrected chi connectivity index (χ4v) is 2.51. The van der Waals surface area contributed by atoms with Crippen LogP contribution in [0.2, 0.25) is 0 Å². The molecular formula is C13H22N2O2. The Morgan fingerprint density at radius 2 is 2.06 bits per heavy atom. The van der Waals surface area contributed by atoms with Gasteiger partial charge in [0.2, 0.25) is 0 Å². The minimum atomic E-state index is 0.0710. The fraction of sp³-hybridized carbons (Fsp3) is 0.769. The van der Waals surface area contributed by atoms with Crippen LogP contribution in [0.3, 0.4) is 0 Å². The largest absolute Gasteiger partial charge is 0.396 e. The molecule has 4 heteroatoms. The van der Waals surface area contributed by atoms with Gasteiger partial charge in [0.25, 0.3) is 0 Å². The molecule has 2 aliphatic rings. The van der Waals surface area contributed by atoms with Crippen LogP contribution in [0.4, 0.5) is 4.79 Å². The molecule has 1 unspecified atom stereocenters. The number of likely N-dealkylation sites (tertiary alicyclic amines) is 1. The molecule has 0 aromatic carbocycles. The molecule has 1 atom stereocenters. The molecule has 0 saturated carbocycles. The number of hydrogen-bond donors (Lipinski definition) is 2.